The van der Waals surface area contributed by atoms with Gasteiger partial charge in [-0.3, -0.25) is 4.79 Å². The Kier molecular flexibility index (Phi) is 10.3. The number of nitrogens with one attached hydrogen (secondary N) is 2. The first-order valence-corrected chi connectivity index (χ1v) is 13.6. The second-order valence-corrected chi connectivity index (χ2v) is 10.2. The van der Waals surface area contributed by atoms with E-state index < -0.39 is 5.25 Å². The van der Waals surface area contributed by atoms with Crippen molar-refractivity contribution in [3.63, 3.8) is 0 Å². The molecule has 2 aromatic heterocycles. The van der Waals surface area contributed by atoms with Gasteiger partial charge in [-0.05, 0) is 55.0 Å². The molecule has 10 nitrogen and oxygen atoms in total. The van der Waals surface area contributed by atoms with Crippen molar-refractivity contribution in [1.82, 2.24) is 20.2 Å². The van der Waals surface area contributed by atoms with Gasteiger partial charge in [0.05, 0.1) is 25.1 Å². The van der Waals surface area contributed by atoms with E-state index in [0.717, 1.165) is 17.0 Å². The molecule has 0 saturated heterocycles. The van der Waals surface area contributed by atoms with Crippen molar-refractivity contribution in [3.05, 3.63) is 95.5 Å². The number of carbonyl (C=O) groups is 1. The average molecular weight is 581 g/mol. The maximum atomic E-state index is 12.7. The van der Waals surface area contributed by atoms with Crippen LogP contribution in [0.4, 0.5) is 5.69 Å². The lowest BCUT2D eigenvalue weighted by Crippen LogP contribution is -2.27. The van der Waals surface area contributed by atoms with Gasteiger partial charge in [0.2, 0.25) is 0 Å². The molecule has 0 aliphatic rings. The molecule has 1 amide bonds. The zero-order valence-corrected chi connectivity index (χ0v) is 23.6. The van der Waals surface area contributed by atoms with Crippen LogP contribution in [0.2, 0.25) is 5.02 Å². The number of nitrogens with zero attached hydrogens (tertiary/aromatic N) is 4. The van der Waals surface area contributed by atoms with E-state index in [0.29, 0.717) is 47.4 Å². The molecule has 1 unspecified atom stereocenters. The zero-order valence-electron chi connectivity index (χ0n) is 22.0. The Hall–Kier alpha value is -4.22. The highest BCUT2D eigenvalue weighted by Crippen LogP contribution is 2.23. The summed E-state index contributed by atoms with van der Waals surface area (Å²) in [5.41, 5.74) is 4.41. The summed E-state index contributed by atoms with van der Waals surface area (Å²) in [5, 5.41) is 16.7. The van der Waals surface area contributed by atoms with Crippen LogP contribution in [-0.2, 0) is 24.5 Å². The zero-order chi connectivity index (χ0) is 28.3. The van der Waals surface area contributed by atoms with Gasteiger partial charge < -0.3 is 23.8 Å². The second-order valence-electron chi connectivity index (χ2n) is 8.45. The molecule has 208 valence electrons. The molecule has 0 spiro atoms. The van der Waals surface area contributed by atoms with E-state index >= 15 is 0 Å². The molecule has 4 aromatic rings. The number of thioether (sulfide) groups is 1. The van der Waals surface area contributed by atoms with Gasteiger partial charge in [-0.1, -0.05) is 41.6 Å². The van der Waals surface area contributed by atoms with Crippen LogP contribution in [0.3, 0.4) is 0 Å². The van der Waals surface area contributed by atoms with Crippen LogP contribution < -0.4 is 20.2 Å². The summed E-state index contributed by atoms with van der Waals surface area (Å²) >= 11 is 7.23. The average Bonchev–Trinajstić information content (AvgIpc) is 3.58. The number of allylic oxidation sites excluding steroid dienone is 1. The van der Waals surface area contributed by atoms with E-state index in [1.807, 2.05) is 53.1 Å². The van der Waals surface area contributed by atoms with Gasteiger partial charge in [-0.25, -0.2) is 5.43 Å². The number of hydrogen-bond acceptors (Lipinski definition) is 9. The van der Waals surface area contributed by atoms with Gasteiger partial charge in [-0.15, -0.1) is 16.8 Å². The van der Waals surface area contributed by atoms with E-state index in [4.69, 9.17) is 25.5 Å². The van der Waals surface area contributed by atoms with Crippen LogP contribution in [0.15, 0.2) is 88.0 Å². The second kappa shape index (κ2) is 14.2. The predicted molar refractivity (Wildman–Crippen MR) is 156 cm³/mol. The Balaban J connectivity index is 1.27. The lowest BCUT2D eigenvalue weighted by atomic mass is 10.2. The number of amides is 1. The first-order valence-electron chi connectivity index (χ1n) is 12.3. The van der Waals surface area contributed by atoms with Gasteiger partial charge >= 0.3 is 0 Å². The molecule has 0 bridgehead atoms. The van der Waals surface area contributed by atoms with Gasteiger partial charge in [0, 0.05) is 23.3 Å². The lowest BCUT2D eigenvalue weighted by molar-refractivity contribution is -0.120. The minimum absolute atomic E-state index is 0.294. The Morgan fingerprint density at radius 2 is 1.95 bits per heavy atom. The fourth-order valence-electron chi connectivity index (χ4n) is 3.42. The molecule has 0 radical (unpaired) electrons. The number of aromatic nitrogens is 3. The Morgan fingerprint density at radius 3 is 2.67 bits per heavy atom. The van der Waals surface area contributed by atoms with Crippen molar-refractivity contribution >= 4 is 41.2 Å². The maximum absolute atomic E-state index is 12.7. The number of carbonyl (C=O) groups excluding carboxylic acids is 1. The molecule has 2 N–H and O–H groups in total. The first kappa shape index (κ1) is 28.8. The van der Waals surface area contributed by atoms with Gasteiger partial charge in [-0.2, -0.15) is 5.10 Å². The third kappa shape index (κ3) is 8.14. The number of hydrogen-bond donors (Lipinski definition) is 2. The Bertz CT molecular complexity index is 1440. The quantitative estimate of drug-likeness (QED) is 0.0864. The van der Waals surface area contributed by atoms with Crippen LogP contribution >= 0.6 is 23.4 Å². The predicted octanol–water partition coefficient (Wildman–Crippen LogP) is 5.54. The summed E-state index contributed by atoms with van der Waals surface area (Å²) in [6.45, 7) is 6.88. The number of halogens is 1. The van der Waals surface area contributed by atoms with Crippen molar-refractivity contribution in [2.24, 2.45) is 5.10 Å². The third-order valence-corrected chi connectivity index (χ3v) is 6.89. The van der Waals surface area contributed by atoms with Crippen molar-refractivity contribution in [3.8, 4) is 11.7 Å². The van der Waals surface area contributed by atoms with Crippen LogP contribution in [-0.4, -0.2) is 39.2 Å². The minimum atomic E-state index is -0.484. The van der Waals surface area contributed by atoms with Crippen molar-refractivity contribution in [1.29, 1.82) is 0 Å². The first-order chi connectivity index (χ1) is 19.4. The fourth-order valence-corrected chi connectivity index (χ4v) is 4.41. The lowest BCUT2D eigenvalue weighted by Gasteiger charge is -2.12. The standard InChI is InChI=1S/C28H29ClN6O4S/c1-4-15-35-25(17-30-22-9-7-21(29)8-10-22)32-34-28(35)40-19(2)27(36)33-31-16-24-13-14-26(39-24)38-18-20-5-11-23(37-3)12-6-20/h4-14,16,19,30H,1,15,17-18H2,2-3H3,(H,33,36)/b31-16+. The number of furan rings is 1. The highest BCUT2D eigenvalue weighted by Gasteiger charge is 2.19. The van der Waals surface area contributed by atoms with Crippen LogP contribution in [0, 0.1) is 0 Å². The van der Waals surface area contributed by atoms with Crippen molar-refractivity contribution in [2.75, 3.05) is 12.4 Å². The highest BCUT2D eigenvalue weighted by molar-refractivity contribution is 8.00. The fraction of sp³-hybridized carbons (Fsp3) is 0.214. The normalized spacial score (nSPS) is 11.8. The molecule has 0 fully saturated rings. The number of hydrazone groups is 1. The van der Waals surface area contributed by atoms with Crippen molar-refractivity contribution in [2.45, 2.75) is 37.0 Å². The molecular weight excluding hydrogens is 552 g/mol. The molecular formula is C28H29ClN6O4S. The van der Waals surface area contributed by atoms with E-state index in [2.05, 4.69) is 32.6 Å². The van der Waals surface area contributed by atoms with Gasteiger partial charge in [0.25, 0.3) is 11.9 Å². The molecule has 0 aliphatic carbocycles. The van der Waals surface area contributed by atoms with Crippen molar-refractivity contribution < 1.29 is 18.7 Å². The summed E-state index contributed by atoms with van der Waals surface area (Å²) < 4.78 is 18.3. The van der Waals surface area contributed by atoms with Gasteiger partial charge in [0.1, 0.15) is 12.4 Å². The summed E-state index contributed by atoms with van der Waals surface area (Å²) in [7, 11) is 1.62. The summed E-state index contributed by atoms with van der Waals surface area (Å²) in [4.78, 5) is 12.7. The van der Waals surface area contributed by atoms with Crippen LogP contribution in [0.1, 0.15) is 24.1 Å². The third-order valence-electron chi connectivity index (χ3n) is 5.56. The summed E-state index contributed by atoms with van der Waals surface area (Å²) in [6, 6.07) is 18.3. The summed E-state index contributed by atoms with van der Waals surface area (Å²) in [6.07, 6.45) is 3.17. The number of benzene rings is 2. The molecule has 4 rings (SSSR count). The number of rotatable bonds is 14. The topological polar surface area (TPSA) is 116 Å². The summed E-state index contributed by atoms with van der Waals surface area (Å²) in [5.74, 6) is 1.98. The Labute approximate surface area is 241 Å². The van der Waals surface area contributed by atoms with Gasteiger partial charge in [0.15, 0.2) is 16.7 Å². The molecule has 1 atom stereocenters. The van der Waals surface area contributed by atoms with E-state index in [-0.39, 0.29) is 5.91 Å². The molecule has 2 aromatic carbocycles. The largest absolute Gasteiger partial charge is 0.497 e. The molecule has 2 heterocycles. The van der Waals surface area contributed by atoms with E-state index in [1.54, 1.807) is 32.2 Å². The molecule has 0 aliphatic heterocycles. The monoisotopic (exact) mass is 580 g/mol. The van der Waals surface area contributed by atoms with E-state index in [9.17, 15) is 4.79 Å². The SMILES string of the molecule is C=CCn1c(CNc2ccc(Cl)cc2)nnc1SC(C)C(=O)N/N=C/c1ccc(OCc2ccc(OC)cc2)o1. The van der Waals surface area contributed by atoms with Crippen LogP contribution in [0.5, 0.6) is 11.7 Å². The molecule has 0 saturated carbocycles. The molecule has 12 heteroatoms. The smallest absolute Gasteiger partial charge is 0.285 e. The maximum Gasteiger partial charge on any atom is 0.285 e. The highest BCUT2D eigenvalue weighted by atomic mass is 35.5. The number of methoxy groups -OCH3 is 1. The number of anilines is 1. The molecule has 40 heavy (non-hydrogen) atoms. The Morgan fingerprint density at radius 1 is 1.18 bits per heavy atom. The minimum Gasteiger partial charge on any atom is -0.497 e. The van der Waals surface area contributed by atoms with E-state index in [1.165, 1.54) is 18.0 Å². The number of ether oxygens (including phenoxy) is 2. The van der Waals surface area contributed by atoms with Crippen LogP contribution in [0.25, 0.3) is 0 Å².